The lowest BCUT2D eigenvalue weighted by Crippen LogP contribution is -2.05. The fourth-order valence-corrected chi connectivity index (χ4v) is 3.39. The molecule has 96 valence electrons. The summed E-state index contributed by atoms with van der Waals surface area (Å²) < 4.78 is 5.31. The number of esters is 1. The maximum absolute atomic E-state index is 11.6. The van der Waals surface area contributed by atoms with E-state index in [1.54, 1.807) is 0 Å². The molecule has 0 saturated heterocycles. The normalized spacial score (nSPS) is 23.9. The maximum Gasteiger partial charge on any atom is 0.318 e. The zero-order valence-electron chi connectivity index (χ0n) is 10.5. The summed E-state index contributed by atoms with van der Waals surface area (Å²) in [5.74, 6) is 0.906. The zero-order valence-corrected chi connectivity index (χ0v) is 11.3. The maximum atomic E-state index is 11.6. The molecule has 1 heterocycles. The number of ether oxygens (including phenoxy) is 1. The Morgan fingerprint density at radius 2 is 1.89 bits per heavy atom. The van der Waals surface area contributed by atoms with Crippen LogP contribution in [0.15, 0.2) is 12.1 Å². The average molecular weight is 265 g/mol. The Morgan fingerprint density at radius 3 is 2.61 bits per heavy atom. The Bertz CT molecular complexity index is 490. The van der Waals surface area contributed by atoms with Crippen molar-refractivity contribution in [1.82, 2.24) is 0 Å². The Kier molecular flexibility index (Phi) is 3.06. The van der Waals surface area contributed by atoms with Gasteiger partial charge in [-0.1, -0.05) is 30.9 Å². The molecule has 0 radical (unpaired) electrons. The van der Waals surface area contributed by atoms with Crippen LogP contribution in [0.3, 0.4) is 0 Å². The summed E-state index contributed by atoms with van der Waals surface area (Å²) in [6, 6.07) is 3.92. The minimum absolute atomic E-state index is 0.165. The van der Waals surface area contributed by atoms with E-state index in [-0.39, 0.29) is 11.9 Å². The summed E-state index contributed by atoms with van der Waals surface area (Å²) in [6.07, 6.45) is 6.26. The number of halogens is 1. The van der Waals surface area contributed by atoms with Crippen molar-refractivity contribution in [1.29, 1.82) is 0 Å². The molecule has 2 nitrogen and oxygen atoms in total. The van der Waals surface area contributed by atoms with E-state index in [0.717, 1.165) is 21.9 Å². The molecule has 0 aromatic heterocycles. The van der Waals surface area contributed by atoms with Gasteiger partial charge in [0.2, 0.25) is 0 Å². The van der Waals surface area contributed by atoms with E-state index in [1.807, 2.05) is 19.1 Å². The van der Waals surface area contributed by atoms with Crippen molar-refractivity contribution in [3.05, 3.63) is 28.3 Å². The third-order valence-electron chi connectivity index (χ3n) is 4.20. The molecule has 1 aliphatic carbocycles. The molecule has 1 aromatic carbocycles. The number of carbonyl (C=O) groups is 1. The molecule has 1 atom stereocenters. The second-order valence-corrected chi connectivity index (χ2v) is 5.80. The van der Waals surface area contributed by atoms with Crippen molar-refractivity contribution in [2.45, 2.75) is 50.9 Å². The van der Waals surface area contributed by atoms with Gasteiger partial charge in [0.1, 0.15) is 5.75 Å². The molecular weight excluding hydrogens is 248 g/mol. The summed E-state index contributed by atoms with van der Waals surface area (Å²) in [4.78, 5) is 11.6. The van der Waals surface area contributed by atoms with Gasteiger partial charge in [-0.2, -0.15) is 0 Å². The molecular formula is C15H17ClO2. The van der Waals surface area contributed by atoms with Crippen LogP contribution in [-0.4, -0.2) is 5.97 Å². The quantitative estimate of drug-likeness (QED) is 0.555. The smallest absolute Gasteiger partial charge is 0.318 e. The van der Waals surface area contributed by atoms with Gasteiger partial charge in [0, 0.05) is 10.6 Å². The van der Waals surface area contributed by atoms with Crippen LogP contribution in [0.4, 0.5) is 0 Å². The van der Waals surface area contributed by atoms with Crippen LogP contribution in [0.25, 0.3) is 0 Å². The van der Waals surface area contributed by atoms with Gasteiger partial charge in [-0.15, -0.1) is 0 Å². The molecule has 1 fully saturated rings. The van der Waals surface area contributed by atoms with Crippen LogP contribution >= 0.6 is 11.6 Å². The van der Waals surface area contributed by atoms with Gasteiger partial charge in [0.05, 0.1) is 5.92 Å². The Hall–Kier alpha value is -1.02. The van der Waals surface area contributed by atoms with E-state index in [2.05, 4.69) is 0 Å². The van der Waals surface area contributed by atoms with Gasteiger partial charge in [-0.25, -0.2) is 0 Å². The molecule has 18 heavy (non-hydrogen) atoms. The van der Waals surface area contributed by atoms with Gasteiger partial charge in [-0.3, -0.25) is 4.79 Å². The highest BCUT2D eigenvalue weighted by Crippen LogP contribution is 2.43. The third-order valence-corrected chi connectivity index (χ3v) is 4.53. The minimum atomic E-state index is -0.182. The van der Waals surface area contributed by atoms with E-state index in [0.29, 0.717) is 5.92 Å². The Balaban J connectivity index is 1.97. The SMILES string of the molecule is C[C@@H]1C(=O)Oc2cc(C3CCCCC3)c(Cl)cc21. The molecule has 0 amide bonds. The molecule has 3 rings (SSSR count). The standard InChI is InChI=1S/C15H17ClO2/c1-9-11-7-13(16)12(8-14(11)18-15(9)17)10-5-3-2-4-6-10/h7-10H,2-6H2,1H3/t9-/m0/s1. The molecule has 0 N–H and O–H groups in total. The number of fused-ring (bicyclic) bond motifs is 1. The van der Waals surface area contributed by atoms with Gasteiger partial charge in [0.15, 0.2) is 0 Å². The van der Waals surface area contributed by atoms with E-state index >= 15 is 0 Å². The van der Waals surface area contributed by atoms with Crippen molar-refractivity contribution >= 4 is 17.6 Å². The highest BCUT2D eigenvalue weighted by molar-refractivity contribution is 6.31. The summed E-state index contributed by atoms with van der Waals surface area (Å²) in [5, 5.41) is 0.797. The highest BCUT2D eigenvalue weighted by atomic mass is 35.5. The topological polar surface area (TPSA) is 26.3 Å². The van der Waals surface area contributed by atoms with Crippen LogP contribution < -0.4 is 4.74 Å². The first kappa shape index (κ1) is 12.0. The fourth-order valence-electron chi connectivity index (χ4n) is 3.06. The van der Waals surface area contributed by atoms with Crippen LogP contribution in [0.2, 0.25) is 5.02 Å². The number of carbonyl (C=O) groups excluding carboxylic acids is 1. The molecule has 1 aliphatic heterocycles. The van der Waals surface area contributed by atoms with Gasteiger partial charge in [-0.05, 0) is 43.4 Å². The van der Waals surface area contributed by atoms with Crippen molar-refractivity contribution < 1.29 is 9.53 Å². The Morgan fingerprint density at radius 1 is 1.17 bits per heavy atom. The van der Waals surface area contributed by atoms with E-state index in [1.165, 1.54) is 32.1 Å². The van der Waals surface area contributed by atoms with Crippen molar-refractivity contribution in [2.24, 2.45) is 0 Å². The van der Waals surface area contributed by atoms with Gasteiger partial charge >= 0.3 is 5.97 Å². The monoisotopic (exact) mass is 264 g/mol. The number of rotatable bonds is 1. The first-order chi connectivity index (χ1) is 8.66. The van der Waals surface area contributed by atoms with Crippen molar-refractivity contribution in [3.63, 3.8) is 0 Å². The number of hydrogen-bond acceptors (Lipinski definition) is 2. The summed E-state index contributed by atoms with van der Waals surface area (Å²) >= 11 is 6.39. The highest BCUT2D eigenvalue weighted by Gasteiger charge is 2.31. The molecule has 0 bridgehead atoms. The third kappa shape index (κ3) is 1.93. The fraction of sp³-hybridized carbons (Fsp3) is 0.533. The first-order valence-electron chi connectivity index (χ1n) is 6.72. The van der Waals surface area contributed by atoms with Crippen LogP contribution in [0.5, 0.6) is 5.75 Å². The van der Waals surface area contributed by atoms with Gasteiger partial charge < -0.3 is 4.74 Å². The van der Waals surface area contributed by atoms with Crippen molar-refractivity contribution in [2.75, 3.05) is 0 Å². The molecule has 0 unspecified atom stereocenters. The predicted octanol–water partition coefficient (Wildman–Crippen LogP) is 4.41. The van der Waals surface area contributed by atoms with E-state index in [4.69, 9.17) is 16.3 Å². The van der Waals surface area contributed by atoms with E-state index in [9.17, 15) is 4.79 Å². The summed E-state index contributed by atoms with van der Waals surface area (Å²) in [7, 11) is 0. The zero-order chi connectivity index (χ0) is 12.7. The lowest BCUT2D eigenvalue weighted by atomic mass is 9.83. The second-order valence-electron chi connectivity index (χ2n) is 5.39. The second kappa shape index (κ2) is 4.58. The first-order valence-corrected chi connectivity index (χ1v) is 7.09. The number of hydrogen-bond donors (Lipinski definition) is 0. The van der Waals surface area contributed by atoms with E-state index < -0.39 is 0 Å². The van der Waals surface area contributed by atoms with Gasteiger partial charge in [0.25, 0.3) is 0 Å². The lowest BCUT2D eigenvalue weighted by molar-refractivity contribution is -0.133. The average Bonchev–Trinajstić information content (AvgIpc) is 2.66. The molecule has 3 heteroatoms. The molecule has 0 spiro atoms. The van der Waals surface area contributed by atoms with Crippen LogP contribution in [-0.2, 0) is 4.79 Å². The minimum Gasteiger partial charge on any atom is -0.426 e. The van der Waals surface area contributed by atoms with Crippen LogP contribution in [0.1, 0.15) is 62.0 Å². The van der Waals surface area contributed by atoms with Crippen LogP contribution in [0, 0.1) is 0 Å². The molecule has 2 aliphatic rings. The molecule has 1 saturated carbocycles. The molecule has 1 aromatic rings. The lowest BCUT2D eigenvalue weighted by Gasteiger charge is -2.23. The summed E-state index contributed by atoms with van der Waals surface area (Å²) in [5.41, 5.74) is 2.10. The predicted molar refractivity (Wildman–Crippen MR) is 71.3 cm³/mol. The largest absolute Gasteiger partial charge is 0.426 e. The van der Waals surface area contributed by atoms with Crippen molar-refractivity contribution in [3.8, 4) is 5.75 Å². The number of benzene rings is 1. The summed E-state index contributed by atoms with van der Waals surface area (Å²) in [6.45, 7) is 1.87. The Labute approximate surface area is 112 Å².